The Morgan fingerprint density at radius 2 is 2.11 bits per heavy atom. The Balaban J connectivity index is 1.71. The second-order valence-corrected chi connectivity index (χ2v) is 5.75. The molecule has 0 heterocycles. The standard InChI is InChI=1S/C16H15BrO2/c17-13-3-1-2-11(8-13)10-19-14-5-6-15-12(9-14)4-7-16(15)18/h1-3,5-6,8-9,16,18H,4,7,10H2. The molecule has 1 aliphatic carbocycles. The zero-order valence-electron chi connectivity index (χ0n) is 10.5. The van der Waals surface area contributed by atoms with Gasteiger partial charge in [0.15, 0.2) is 0 Å². The van der Waals surface area contributed by atoms with Crippen molar-refractivity contribution in [1.82, 2.24) is 0 Å². The molecule has 3 heteroatoms. The van der Waals surface area contributed by atoms with E-state index in [1.165, 1.54) is 5.56 Å². The topological polar surface area (TPSA) is 29.5 Å². The van der Waals surface area contributed by atoms with E-state index in [9.17, 15) is 5.11 Å². The van der Waals surface area contributed by atoms with Gasteiger partial charge in [0.25, 0.3) is 0 Å². The van der Waals surface area contributed by atoms with Crippen LogP contribution < -0.4 is 4.74 Å². The van der Waals surface area contributed by atoms with Gasteiger partial charge < -0.3 is 9.84 Å². The summed E-state index contributed by atoms with van der Waals surface area (Å²) in [6, 6.07) is 14.1. The van der Waals surface area contributed by atoms with Crippen LogP contribution in [0.4, 0.5) is 0 Å². The highest BCUT2D eigenvalue weighted by molar-refractivity contribution is 9.10. The van der Waals surface area contributed by atoms with Gasteiger partial charge in [-0.25, -0.2) is 0 Å². The number of ether oxygens (including phenoxy) is 1. The van der Waals surface area contributed by atoms with Gasteiger partial charge in [0.1, 0.15) is 12.4 Å². The predicted molar refractivity (Wildman–Crippen MR) is 78.2 cm³/mol. The van der Waals surface area contributed by atoms with Crippen molar-refractivity contribution in [1.29, 1.82) is 0 Å². The van der Waals surface area contributed by atoms with Gasteiger partial charge in [0.2, 0.25) is 0 Å². The van der Waals surface area contributed by atoms with Crippen LogP contribution in [0.5, 0.6) is 5.75 Å². The van der Waals surface area contributed by atoms with Gasteiger partial charge in [0.05, 0.1) is 6.10 Å². The van der Waals surface area contributed by atoms with E-state index in [0.29, 0.717) is 6.61 Å². The van der Waals surface area contributed by atoms with E-state index >= 15 is 0 Å². The first-order chi connectivity index (χ1) is 9.22. The summed E-state index contributed by atoms with van der Waals surface area (Å²) in [5.74, 6) is 0.868. The Bertz CT molecular complexity index is 595. The lowest BCUT2D eigenvalue weighted by Gasteiger charge is -2.09. The molecule has 1 unspecified atom stereocenters. The van der Waals surface area contributed by atoms with Gasteiger partial charge in [-0.1, -0.05) is 34.1 Å². The third-order valence-electron chi connectivity index (χ3n) is 3.46. The molecule has 1 atom stereocenters. The van der Waals surface area contributed by atoms with Crippen LogP contribution in [0, 0.1) is 0 Å². The molecular weight excluding hydrogens is 304 g/mol. The van der Waals surface area contributed by atoms with Gasteiger partial charge in [-0.15, -0.1) is 0 Å². The molecule has 2 aromatic rings. The third kappa shape index (κ3) is 2.82. The summed E-state index contributed by atoms with van der Waals surface area (Å²) in [5, 5.41) is 9.76. The highest BCUT2D eigenvalue weighted by atomic mass is 79.9. The van der Waals surface area contributed by atoms with Gasteiger partial charge in [-0.3, -0.25) is 0 Å². The van der Waals surface area contributed by atoms with Crippen molar-refractivity contribution >= 4 is 15.9 Å². The van der Waals surface area contributed by atoms with Crippen molar-refractivity contribution in [2.75, 3.05) is 0 Å². The third-order valence-corrected chi connectivity index (χ3v) is 3.95. The maximum Gasteiger partial charge on any atom is 0.120 e. The minimum atomic E-state index is -0.297. The van der Waals surface area contributed by atoms with Crippen LogP contribution in [0.3, 0.4) is 0 Å². The summed E-state index contributed by atoms with van der Waals surface area (Å²) in [5.41, 5.74) is 3.39. The Kier molecular flexibility index (Phi) is 3.58. The number of rotatable bonds is 3. The molecule has 0 bridgehead atoms. The summed E-state index contributed by atoms with van der Waals surface area (Å²) in [7, 11) is 0. The summed E-state index contributed by atoms with van der Waals surface area (Å²) in [6.07, 6.45) is 1.46. The van der Waals surface area contributed by atoms with Gasteiger partial charge in [0, 0.05) is 4.47 Å². The van der Waals surface area contributed by atoms with Crippen LogP contribution in [0.2, 0.25) is 0 Å². The average Bonchev–Trinajstić information content (AvgIpc) is 2.78. The normalized spacial score (nSPS) is 17.3. The summed E-state index contributed by atoms with van der Waals surface area (Å²) < 4.78 is 6.87. The zero-order chi connectivity index (χ0) is 13.2. The van der Waals surface area contributed by atoms with E-state index in [1.807, 2.05) is 36.4 Å². The Hall–Kier alpha value is -1.32. The Labute approximate surface area is 121 Å². The lowest BCUT2D eigenvalue weighted by Crippen LogP contribution is -1.96. The van der Waals surface area contributed by atoms with E-state index in [-0.39, 0.29) is 6.10 Å². The molecule has 2 nitrogen and oxygen atoms in total. The fourth-order valence-electron chi connectivity index (χ4n) is 2.45. The maximum atomic E-state index is 9.76. The molecule has 3 rings (SSSR count). The van der Waals surface area contributed by atoms with Crippen LogP contribution in [-0.4, -0.2) is 5.11 Å². The first-order valence-electron chi connectivity index (χ1n) is 6.40. The smallest absolute Gasteiger partial charge is 0.120 e. The number of fused-ring (bicyclic) bond motifs is 1. The number of benzene rings is 2. The van der Waals surface area contributed by atoms with Crippen molar-refractivity contribution in [2.24, 2.45) is 0 Å². The number of halogens is 1. The maximum absolute atomic E-state index is 9.76. The van der Waals surface area contributed by atoms with E-state index < -0.39 is 0 Å². The van der Waals surface area contributed by atoms with Crippen LogP contribution >= 0.6 is 15.9 Å². The molecule has 0 spiro atoms. The Morgan fingerprint density at radius 1 is 1.21 bits per heavy atom. The molecule has 0 amide bonds. The second-order valence-electron chi connectivity index (χ2n) is 4.83. The second kappa shape index (κ2) is 5.35. The van der Waals surface area contributed by atoms with E-state index in [1.54, 1.807) is 0 Å². The minimum absolute atomic E-state index is 0.297. The SMILES string of the molecule is OC1CCc2cc(OCc3cccc(Br)c3)ccc21. The zero-order valence-corrected chi connectivity index (χ0v) is 12.1. The van der Waals surface area contributed by atoms with Crippen molar-refractivity contribution in [2.45, 2.75) is 25.6 Å². The lowest BCUT2D eigenvalue weighted by atomic mass is 10.1. The number of aryl methyl sites for hydroxylation is 1. The number of hydrogen-bond donors (Lipinski definition) is 1. The van der Waals surface area contributed by atoms with Gasteiger partial charge >= 0.3 is 0 Å². The molecule has 0 radical (unpaired) electrons. The molecule has 2 aromatic carbocycles. The molecule has 0 aromatic heterocycles. The van der Waals surface area contributed by atoms with Crippen molar-refractivity contribution in [3.8, 4) is 5.75 Å². The first kappa shape index (κ1) is 12.7. The molecule has 0 saturated heterocycles. The van der Waals surface area contributed by atoms with Crippen molar-refractivity contribution in [3.05, 3.63) is 63.6 Å². The van der Waals surface area contributed by atoms with E-state index in [0.717, 1.165) is 34.2 Å². The van der Waals surface area contributed by atoms with E-state index in [2.05, 4.69) is 22.0 Å². The summed E-state index contributed by atoms with van der Waals surface area (Å²) in [6.45, 7) is 0.556. The number of aliphatic hydroxyl groups is 1. The number of aliphatic hydroxyl groups excluding tert-OH is 1. The predicted octanol–water partition coefficient (Wildman–Crippen LogP) is 4.01. The Morgan fingerprint density at radius 3 is 2.95 bits per heavy atom. The van der Waals surface area contributed by atoms with Crippen LogP contribution in [0.25, 0.3) is 0 Å². The molecule has 0 saturated carbocycles. The van der Waals surface area contributed by atoms with Crippen LogP contribution in [0.1, 0.15) is 29.2 Å². The molecule has 0 fully saturated rings. The highest BCUT2D eigenvalue weighted by Gasteiger charge is 2.20. The van der Waals surface area contributed by atoms with Crippen LogP contribution in [0.15, 0.2) is 46.9 Å². The fourth-order valence-corrected chi connectivity index (χ4v) is 2.90. The highest BCUT2D eigenvalue weighted by Crippen LogP contribution is 2.33. The molecule has 1 aliphatic rings. The molecule has 19 heavy (non-hydrogen) atoms. The number of hydrogen-bond acceptors (Lipinski definition) is 2. The fraction of sp³-hybridized carbons (Fsp3) is 0.250. The van der Waals surface area contributed by atoms with E-state index in [4.69, 9.17) is 4.74 Å². The average molecular weight is 319 g/mol. The van der Waals surface area contributed by atoms with Crippen LogP contribution in [-0.2, 0) is 13.0 Å². The molecule has 1 N–H and O–H groups in total. The van der Waals surface area contributed by atoms with Crippen molar-refractivity contribution in [3.63, 3.8) is 0 Å². The minimum Gasteiger partial charge on any atom is -0.489 e. The van der Waals surface area contributed by atoms with Gasteiger partial charge in [-0.2, -0.15) is 0 Å². The monoisotopic (exact) mass is 318 g/mol. The molecular formula is C16H15BrO2. The molecule has 0 aliphatic heterocycles. The summed E-state index contributed by atoms with van der Waals surface area (Å²) >= 11 is 3.45. The molecule has 98 valence electrons. The quantitative estimate of drug-likeness (QED) is 0.926. The largest absolute Gasteiger partial charge is 0.489 e. The lowest BCUT2D eigenvalue weighted by molar-refractivity contribution is 0.180. The summed E-state index contributed by atoms with van der Waals surface area (Å²) in [4.78, 5) is 0. The van der Waals surface area contributed by atoms with Gasteiger partial charge in [-0.05, 0) is 53.8 Å². The van der Waals surface area contributed by atoms with Crippen molar-refractivity contribution < 1.29 is 9.84 Å². The first-order valence-corrected chi connectivity index (χ1v) is 7.20.